The molecule has 0 saturated heterocycles. The maximum Gasteiger partial charge on any atom is 0.303 e. The van der Waals surface area contributed by atoms with Crippen molar-refractivity contribution < 1.29 is 19.1 Å². The zero-order chi connectivity index (χ0) is 18.8. The number of nitrogens with one attached hydrogen (secondary N) is 1. The van der Waals surface area contributed by atoms with Gasteiger partial charge in [0.1, 0.15) is 5.75 Å². The SMILES string of the molecule is COc1ccc([C@H]2Sc3cc(C)c(C)cc3NC(=O)[C@H]2OC(C)=O)cc1. The van der Waals surface area contributed by atoms with Crippen LogP contribution in [0.3, 0.4) is 0 Å². The smallest absolute Gasteiger partial charge is 0.303 e. The first-order valence-corrected chi connectivity index (χ1v) is 9.17. The Hall–Kier alpha value is -2.47. The maximum atomic E-state index is 12.8. The number of rotatable bonds is 3. The first kappa shape index (κ1) is 18.3. The molecule has 1 heterocycles. The fourth-order valence-electron chi connectivity index (χ4n) is 2.86. The number of hydrogen-bond donors (Lipinski definition) is 1. The quantitative estimate of drug-likeness (QED) is 0.825. The highest BCUT2D eigenvalue weighted by molar-refractivity contribution is 7.99. The van der Waals surface area contributed by atoms with E-state index in [1.165, 1.54) is 18.7 Å². The van der Waals surface area contributed by atoms with Crippen molar-refractivity contribution in [3.8, 4) is 5.75 Å². The molecule has 0 saturated carbocycles. The predicted octanol–water partition coefficient (Wildman–Crippen LogP) is 4.03. The van der Waals surface area contributed by atoms with Crippen molar-refractivity contribution in [1.29, 1.82) is 0 Å². The minimum Gasteiger partial charge on any atom is -0.497 e. The molecule has 0 spiro atoms. The Morgan fingerprint density at radius 2 is 1.77 bits per heavy atom. The number of aryl methyl sites for hydroxylation is 2. The number of thioether (sulfide) groups is 1. The van der Waals surface area contributed by atoms with Crippen LogP contribution in [0.15, 0.2) is 41.3 Å². The van der Waals surface area contributed by atoms with E-state index in [1.54, 1.807) is 7.11 Å². The number of anilines is 1. The minimum atomic E-state index is -0.918. The van der Waals surface area contributed by atoms with Crippen LogP contribution in [0.25, 0.3) is 0 Å². The third-order valence-electron chi connectivity index (χ3n) is 4.38. The summed E-state index contributed by atoms with van der Waals surface area (Å²) in [6, 6.07) is 11.5. The lowest BCUT2D eigenvalue weighted by Gasteiger charge is -2.23. The second-order valence-corrected chi connectivity index (χ2v) is 7.45. The summed E-state index contributed by atoms with van der Waals surface area (Å²) in [5.74, 6) is -0.0779. The van der Waals surface area contributed by atoms with Crippen LogP contribution in [0.5, 0.6) is 5.75 Å². The summed E-state index contributed by atoms with van der Waals surface area (Å²) in [5.41, 5.74) is 3.88. The van der Waals surface area contributed by atoms with Crippen molar-refractivity contribution in [2.24, 2.45) is 0 Å². The minimum absolute atomic E-state index is 0.324. The van der Waals surface area contributed by atoms with Gasteiger partial charge in [0.25, 0.3) is 5.91 Å². The van der Waals surface area contributed by atoms with E-state index in [4.69, 9.17) is 9.47 Å². The topological polar surface area (TPSA) is 64.6 Å². The summed E-state index contributed by atoms with van der Waals surface area (Å²) >= 11 is 1.52. The van der Waals surface area contributed by atoms with Gasteiger partial charge in [-0.15, -0.1) is 11.8 Å². The Bertz CT molecular complexity index is 848. The molecule has 0 fully saturated rings. The third-order valence-corrected chi connectivity index (χ3v) is 5.74. The van der Waals surface area contributed by atoms with Gasteiger partial charge in [0.15, 0.2) is 6.10 Å². The van der Waals surface area contributed by atoms with Crippen LogP contribution in [-0.2, 0) is 14.3 Å². The van der Waals surface area contributed by atoms with Crippen LogP contribution in [0, 0.1) is 13.8 Å². The average Bonchev–Trinajstić information content (AvgIpc) is 2.73. The van der Waals surface area contributed by atoms with Crippen molar-refractivity contribution in [3.63, 3.8) is 0 Å². The molecule has 2 aromatic carbocycles. The lowest BCUT2D eigenvalue weighted by atomic mass is 10.1. The average molecular weight is 371 g/mol. The van der Waals surface area contributed by atoms with E-state index in [1.807, 2.05) is 44.2 Å². The van der Waals surface area contributed by atoms with E-state index in [0.29, 0.717) is 0 Å². The number of amides is 1. The first-order chi connectivity index (χ1) is 12.4. The van der Waals surface area contributed by atoms with Gasteiger partial charge >= 0.3 is 5.97 Å². The van der Waals surface area contributed by atoms with Crippen LogP contribution >= 0.6 is 11.8 Å². The second kappa shape index (κ2) is 7.41. The van der Waals surface area contributed by atoms with Crippen molar-refractivity contribution >= 4 is 29.3 Å². The molecular formula is C20H21NO4S. The molecule has 3 rings (SSSR count). The molecule has 0 unspecified atom stereocenters. The molecule has 136 valence electrons. The summed E-state index contributed by atoms with van der Waals surface area (Å²) in [4.78, 5) is 25.3. The highest BCUT2D eigenvalue weighted by Gasteiger charge is 2.37. The van der Waals surface area contributed by atoms with Gasteiger partial charge in [-0.3, -0.25) is 9.59 Å². The highest BCUT2D eigenvalue weighted by Crippen LogP contribution is 2.45. The zero-order valence-electron chi connectivity index (χ0n) is 15.2. The molecule has 2 aromatic rings. The van der Waals surface area contributed by atoms with Gasteiger partial charge in [0.2, 0.25) is 0 Å². The van der Waals surface area contributed by atoms with E-state index in [2.05, 4.69) is 11.4 Å². The van der Waals surface area contributed by atoms with E-state index >= 15 is 0 Å². The van der Waals surface area contributed by atoms with Crippen LogP contribution < -0.4 is 10.1 Å². The second-order valence-electron chi connectivity index (χ2n) is 6.26. The molecule has 6 heteroatoms. The van der Waals surface area contributed by atoms with Gasteiger partial charge in [0.05, 0.1) is 18.0 Å². The summed E-state index contributed by atoms with van der Waals surface area (Å²) in [6.45, 7) is 5.35. The summed E-state index contributed by atoms with van der Waals surface area (Å²) < 4.78 is 10.6. The Balaban J connectivity index is 2.06. The lowest BCUT2D eigenvalue weighted by molar-refractivity contribution is -0.152. The molecule has 1 aliphatic heterocycles. The number of hydrogen-bond acceptors (Lipinski definition) is 5. The van der Waals surface area contributed by atoms with Crippen molar-refractivity contribution in [3.05, 3.63) is 53.1 Å². The summed E-state index contributed by atoms with van der Waals surface area (Å²) in [6.07, 6.45) is -0.918. The summed E-state index contributed by atoms with van der Waals surface area (Å²) in [7, 11) is 1.60. The first-order valence-electron chi connectivity index (χ1n) is 8.29. The number of methoxy groups -OCH3 is 1. The van der Waals surface area contributed by atoms with Crippen molar-refractivity contribution in [1.82, 2.24) is 0 Å². The monoisotopic (exact) mass is 371 g/mol. The van der Waals surface area contributed by atoms with Crippen LogP contribution in [-0.4, -0.2) is 25.1 Å². The number of benzene rings is 2. The molecule has 26 heavy (non-hydrogen) atoms. The molecule has 2 atom stereocenters. The number of esters is 1. The van der Waals surface area contributed by atoms with Crippen molar-refractivity contribution in [2.45, 2.75) is 37.0 Å². The number of carbonyl (C=O) groups is 2. The Kier molecular flexibility index (Phi) is 5.23. The van der Waals surface area contributed by atoms with Gasteiger partial charge in [-0.1, -0.05) is 12.1 Å². The van der Waals surface area contributed by atoms with E-state index in [0.717, 1.165) is 33.0 Å². The van der Waals surface area contributed by atoms with Gasteiger partial charge in [-0.05, 0) is 54.8 Å². The molecule has 0 aromatic heterocycles. The van der Waals surface area contributed by atoms with Gasteiger partial charge in [0, 0.05) is 11.8 Å². The maximum absolute atomic E-state index is 12.8. The Labute approximate surface area is 157 Å². The van der Waals surface area contributed by atoms with Crippen LogP contribution in [0.2, 0.25) is 0 Å². The normalized spacial score (nSPS) is 19.2. The standard InChI is InChI=1S/C20H21NO4S/c1-11-9-16-17(10-12(11)2)26-19(14-5-7-15(24-4)8-6-14)18(20(23)21-16)25-13(3)22/h5-10,18-19H,1-4H3,(H,21,23)/t18-,19+/m0/s1. The molecule has 0 bridgehead atoms. The van der Waals surface area contributed by atoms with E-state index in [-0.39, 0.29) is 11.2 Å². The fourth-order valence-corrected chi connectivity index (χ4v) is 4.21. The molecule has 0 radical (unpaired) electrons. The largest absolute Gasteiger partial charge is 0.497 e. The molecule has 1 aliphatic rings. The predicted molar refractivity (Wildman–Crippen MR) is 102 cm³/mol. The fraction of sp³-hybridized carbons (Fsp3) is 0.300. The van der Waals surface area contributed by atoms with E-state index in [9.17, 15) is 9.59 Å². The lowest BCUT2D eigenvalue weighted by Crippen LogP contribution is -2.34. The molecular weight excluding hydrogens is 350 g/mol. The molecule has 5 nitrogen and oxygen atoms in total. The molecule has 1 N–H and O–H groups in total. The van der Waals surface area contributed by atoms with Gasteiger partial charge in [-0.25, -0.2) is 0 Å². The van der Waals surface area contributed by atoms with Crippen LogP contribution in [0.1, 0.15) is 28.9 Å². The zero-order valence-corrected chi connectivity index (χ0v) is 16.0. The van der Waals surface area contributed by atoms with Crippen molar-refractivity contribution in [2.75, 3.05) is 12.4 Å². The third kappa shape index (κ3) is 3.70. The van der Waals surface area contributed by atoms with Crippen LogP contribution in [0.4, 0.5) is 5.69 Å². The number of ether oxygens (including phenoxy) is 2. The van der Waals surface area contributed by atoms with Gasteiger partial charge < -0.3 is 14.8 Å². The molecule has 0 aliphatic carbocycles. The summed E-state index contributed by atoms with van der Waals surface area (Å²) in [5, 5.41) is 2.55. The highest BCUT2D eigenvalue weighted by atomic mass is 32.2. The van der Waals surface area contributed by atoms with Gasteiger partial charge in [-0.2, -0.15) is 0 Å². The Morgan fingerprint density at radius 3 is 2.38 bits per heavy atom. The number of fused-ring (bicyclic) bond motifs is 1. The number of carbonyl (C=O) groups excluding carboxylic acids is 2. The molecule has 1 amide bonds. The van der Waals surface area contributed by atoms with E-state index < -0.39 is 12.1 Å². The Morgan fingerprint density at radius 1 is 1.12 bits per heavy atom.